The third kappa shape index (κ3) is 1.70. The summed E-state index contributed by atoms with van der Waals surface area (Å²) >= 11 is 7.58. The normalized spacial score (nSPS) is 28.5. The van der Waals surface area contributed by atoms with Crippen molar-refractivity contribution in [1.82, 2.24) is 4.90 Å². The molecule has 0 amide bonds. The van der Waals surface area contributed by atoms with E-state index < -0.39 is 5.60 Å². The van der Waals surface area contributed by atoms with Crippen molar-refractivity contribution in [3.05, 3.63) is 21.3 Å². The van der Waals surface area contributed by atoms with E-state index in [1.807, 2.05) is 11.4 Å². The first-order valence-electron chi connectivity index (χ1n) is 4.84. The van der Waals surface area contributed by atoms with Crippen molar-refractivity contribution in [1.29, 1.82) is 0 Å². The van der Waals surface area contributed by atoms with Gasteiger partial charge in [-0.1, -0.05) is 18.5 Å². The molecule has 0 aliphatic carbocycles. The van der Waals surface area contributed by atoms with Gasteiger partial charge < -0.3 is 10.0 Å². The van der Waals surface area contributed by atoms with E-state index in [-0.39, 0.29) is 0 Å². The smallest absolute Gasteiger partial charge is 0.114 e. The van der Waals surface area contributed by atoms with Crippen LogP contribution in [0.1, 0.15) is 18.2 Å². The van der Waals surface area contributed by atoms with Crippen LogP contribution < -0.4 is 0 Å². The summed E-state index contributed by atoms with van der Waals surface area (Å²) in [5.74, 6) is 0. The topological polar surface area (TPSA) is 23.5 Å². The van der Waals surface area contributed by atoms with Crippen molar-refractivity contribution in [2.75, 3.05) is 19.6 Å². The summed E-state index contributed by atoms with van der Waals surface area (Å²) in [6.07, 6.45) is 0.793. The average Bonchev–Trinajstić information content (AvgIpc) is 2.73. The minimum Gasteiger partial charge on any atom is -0.383 e. The minimum atomic E-state index is -0.707. The number of hydrogen-bond acceptors (Lipinski definition) is 3. The monoisotopic (exact) mass is 231 g/mol. The maximum atomic E-state index is 10.4. The Bertz CT molecular complexity index is 328. The summed E-state index contributed by atoms with van der Waals surface area (Å²) in [7, 11) is 0. The van der Waals surface area contributed by atoms with E-state index in [1.165, 1.54) is 0 Å². The Hall–Kier alpha value is -0.0900. The molecule has 1 atom stereocenters. The third-order valence-electron chi connectivity index (χ3n) is 2.81. The van der Waals surface area contributed by atoms with Crippen LogP contribution >= 0.6 is 22.9 Å². The number of rotatable bonds is 2. The van der Waals surface area contributed by atoms with Crippen LogP contribution in [0.2, 0.25) is 5.02 Å². The Kier molecular flexibility index (Phi) is 2.84. The second-order valence-electron chi connectivity index (χ2n) is 3.75. The molecule has 14 heavy (non-hydrogen) atoms. The predicted molar refractivity (Wildman–Crippen MR) is 60.0 cm³/mol. The first-order chi connectivity index (χ1) is 6.65. The molecule has 1 fully saturated rings. The van der Waals surface area contributed by atoms with Gasteiger partial charge in [0.15, 0.2) is 0 Å². The fraction of sp³-hybridized carbons (Fsp3) is 0.600. The lowest BCUT2D eigenvalue weighted by Gasteiger charge is -2.22. The maximum Gasteiger partial charge on any atom is 0.114 e. The van der Waals surface area contributed by atoms with Crippen molar-refractivity contribution in [2.24, 2.45) is 0 Å². The summed E-state index contributed by atoms with van der Waals surface area (Å²) in [5, 5.41) is 13.1. The average molecular weight is 232 g/mol. The van der Waals surface area contributed by atoms with Gasteiger partial charge in [-0.05, 0) is 24.4 Å². The predicted octanol–water partition coefficient (Wildman–Crippen LogP) is 2.31. The van der Waals surface area contributed by atoms with E-state index in [2.05, 4.69) is 11.8 Å². The fourth-order valence-corrected chi connectivity index (χ4v) is 3.31. The zero-order valence-electron chi connectivity index (χ0n) is 8.16. The fourth-order valence-electron chi connectivity index (χ4n) is 1.95. The van der Waals surface area contributed by atoms with Gasteiger partial charge in [-0.15, -0.1) is 11.3 Å². The first-order valence-corrected chi connectivity index (χ1v) is 6.09. The van der Waals surface area contributed by atoms with Gasteiger partial charge in [-0.2, -0.15) is 0 Å². The van der Waals surface area contributed by atoms with Crippen molar-refractivity contribution < 1.29 is 5.11 Å². The largest absolute Gasteiger partial charge is 0.383 e. The van der Waals surface area contributed by atoms with Gasteiger partial charge in [0.2, 0.25) is 0 Å². The molecule has 0 aromatic carbocycles. The molecule has 2 heterocycles. The number of nitrogens with zero attached hydrogens (tertiary/aromatic N) is 1. The lowest BCUT2D eigenvalue weighted by Crippen LogP contribution is -2.30. The molecule has 1 aliphatic rings. The Morgan fingerprint density at radius 3 is 3.00 bits per heavy atom. The molecule has 1 N–H and O–H groups in total. The zero-order chi connectivity index (χ0) is 10.2. The Morgan fingerprint density at radius 1 is 1.71 bits per heavy atom. The third-order valence-corrected chi connectivity index (χ3v) is 4.35. The quantitative estimate of drug-likeness (QED) is 0.845. The lowest BCUT2D eigenvalue weighted by molar-refractivity contribution is 0.0505. The van der Waals surface area contributed by atoms with Crippen LogP contribution in [0.15, 0.2) is 11.4 Å². The molecule has 1 aliphatic heterocycles. The van der Waals surface area contributed by atoms with Crippen LogP contribution in [-0.4, -0.2) is 29.6 Å². The summed E-state index contributed by atoms with van der Waals surface area (Å²) in [6, 6.07) is 1.86. The number of halogens is 1. The molecular weight excluding hydrogens is 218 g/mol. The van der Waals surface area contributed by atoms with E-state index >= 15 is 0 Å². The second-order valence-corrected chi connectivity index (χ2v) is 5.07. The molecule has 2 nitrogen and oxygen atoms in total. The first kappa shape index (κ1) is 10.4. The molecule has 0 radical (unpaired) electrons. The zero-order valence-corrected chi connectivity index (χ0v) is 9.74. The van der Waals surface area contributed by atoms with Gasteiger partial charge in [0.1, 0.15) is 5.60 Å². The highest BCUT2D eigenvalue weighted by molar-refractivity contribution is 7.10. The van der Waals surface area contributed by atoms with E-state index in [0.717, 1.165) is 24.4 Å². The van der Waals surface area contributed by atoms with Crippen molar-refractivity contribution in [2.45, 2.75) is 18.9 Å². The molecule has 1 saturated heterocycles. The standard InChI is InChI=1S/C10H14ClNOS/c1-2-12-5-4-10(13,7-12)9-8(11)3-6-14-9/h3,6,13H,2,4-5,7H2,1H3. The van der Waals surface area contributed by atoms with Gasteiger partial charge in [0.25, 0.3) is 0 Å². The van der Waals surface area contributed by atoms with Gasteiger partial charge >= 0.3 is 0 Å². The SMILES string of the molecule is CCN1CCC(O)(c2sccc2Cl)C1. The van der Waals surface area contributed by atoms with Gasteiger partial charge in [0, 0.05) is 13.1 Å². The van der Waals surface area contributed by atoms with Crippen LogP contribution in [0.3, 0.4) is 0 Å². The number of β-amino-alcohol motifs (C(OH)–C–C–N with tert-alkyl or cyclic N) is 1. The Balaban J connectivity index is 2.22. The highest BCUT2D eigenvalue weighted by Gasteiger charge is 2.39. The lowest BCUT2D eigenvalue weighted by atomic mass is 10.0. The molecule has 1 aromatic rings. The molecule has 0 bridgehead atoms. The molecule has 2 rings (SSSR count). The highest BCUT2D eigenvalue weighted by atomic mass is 35.5. The van der Waals surface area contributed by atoms with Gasteiger partial charge in [-0.25, -0.2) is 0 Å². The van der Waals surface area contributed by atoms with Crippen molar-refractivity contribution >= 4 is 22.9 Å². The van der Waals surface area contributed by atoms with E-state index in [4.69, 9.17) is 11.6 Å². The number of hydrogen-bond donors (Lipinski definition) is 1. The Labute approximate surface area is 93.1 Å². The van der Waals surface area contributed by atoms with Crippen LogP contribution in [0.5, 0.6) is 0 Å². The van der Waals surface area contributed by atoms with E-state index in [9.17, 15) is 5.11 Å². The number of likely N-dealkylation sites (N-methyl/N-ethyl adjacent to an activating group) is 1. The summed E-state index contributed by atoms with van der Waals surface area (Å²) in [6.45, 7) is 4.78. The van der Waals surface area contributed by atoms with Gasteiger partial charge in [0.05, 0.1) is 9.90 Å². The van der Waals surface area contributed by atoms with Crippen LogP contribution in [-0.2, 0) is 5.60 Å². The number of thiophene rings is 1. The van der Waals surface area contributed by atoms with Gasteiger partial charge in [-0.3, -0.25) is 0 Å². The number of aliphatic hydroxyl groups is 1. The van der Waals surface area contributed by atoms with Crippen LogP contribution in [0.25, 0.3) is 0 Å². The van der Waals surface area contributed by atoms with Crippen molar-refractivity contribution in [3.8, 4) is 0 Å². The molecule has 0 spiro atoms. The van der Waals surface area contributed by atoms with E-state index in [1.54, 1.807) is 11.3 Å². The van der Waals surface area contributed by atoms with Crippen LogP contribution in [0.4, 0.5) is 0 Å². The van der Waals surface area contributed by atoms with Crippen LogP contribution in [0, 0.1) is 0 Å². The van der Waals surface area contributed by atoms with E-state index in [0.29, 0.717) is 11.6 Å². The molecule has 78 valence electrons. The van der Waals surface area contributed by atoms with Crippen molar-refractivity contribution in [3.63, 3.8) is 0 Å². The molecule has 1 unspecified atom stereocenters. The highest BCUT2D eigenvalue weighted by Crippen LogP contribution is 2.39. The summed E-state index contributed by atoms with van der Waals surface area (Å²) in [4.78, 5) is 3.17. The second kappa shape index (κ2) is 3.81. The maximum absolute atomic E-state index is 10.4. The Morgan fingerprint density at radius 2 is 2.50 bits per heavy atom. The summed E-state index contributed by atoms with van der Waals surface area (Å²) in [5.41, 5.74) is -0.707. The molecule has 1 aromatic heterocycles. The molecule has 4 heteroatoms. The number of likely N-dealkylation sites (tertiary alicyclic amines) is 1. The molecular formula is C10H14ClNOS. The summed E-state index contributed by atoms with van der Waals surface area (Å²) < 4.78 is 0. The minimum absolute atomic E-state index is 0.704. The molecule has 0 saturated carbocycles.